The van der Waals surface area contributed by atoms with E-state index in [9.17, 15) is 4.79 Å². The van der Waals surface area contributed by atoms with E-state index in [1.54, 1.807) is 0 Å². The van der Waals surface area contributed by atoms with Crippen molar-refractivity contribution >= 4 is 5.91 Å². The number of rotatable bonds is 5. The molecule has 0 bridgehead atoms. The first-order valence-electron chi connectivity index (χ1n) is 4.38. The van der Waals surface area contributed by atoms with Crippen LogP contribution in [-0.2, 0) is 4.79 Å². The van der Waals surface area contributed by atoms with Gasteiger partial charge < -0.3 is 11.5 Å². The van der Waals surface area contributed by atoms with Crippen molar-refractivity contribution in [3.63, 3.8) is 0 Å². The third kappa shape index (κ3) is 7.28. The molecule has 1 atom stereocenters. The summed E-state index contributed by atoms with van der Waals surface area (Å²) in [5, 5.41) is 0. The molecule has 0 fully saturated rings. The SMILES string of the molecule is C/C=C\C=C(/C)CC(N)CC(N)=O. The molecule has 0 spiro atoms. The summed E-state index contributed by atoms with van der Waals surface area (Å²) in [6, 6.07) is -0.154. The van der Waals surface area contributed by atoms with Gasteiger partial charge in [-0.15, -0.1) is 0 Å². The Hall–Kier alpha value is -1.09. The van der Waals surface area contributed by atoms with Crippen molar-refractivity contribution < 1.29 is 4.79 Å². The highest BCUT2D eigenvalue weighted by molar-refractivity contribution is 5.74. The van der Waals surface area contributed by atoms with Crippen LogP contribution in [0.5, 0.6) is 0 Å². The summed E-state index contributed by atoms with van der Waals surface area (Å²) in [4.78, 5) is 10.5. The van der Waals surface area contributed by atoms with Crippen LogP contribution < -0.4 is 11.5 Å². The van der Waals surface area contributed by atoms with E-state index in [0.29, 0.717) is 6.42 Å². The fourth-order valence-electron chi connectivity index (χ4n) is 1.07. The van der Waals surface area contributed by atoms with Crippen molar-refractivity contribution in [1.29, 1.82) is 0 Å². The monoisotopic (exact) mass is 182 g/mol. The number of nitrogens with two attached hydrogens (primary N) is 2. The van der Waals surface area contributed by atoms with Gasteiger partial charge in [0, 0.05) is 12.5 Å². The lowest BCUT2D eigenvalue weighted by Gasteiger charge is -2.08. The van der Waals surface area contributed by atoms with E-state index in [-0.39, 0.29) is 18.4 Å². The maximum atomic E-state index is 10.5. The molecule has 0 radical (unpaired) electrons. The van der Waals surface area contributed by atoms with Crippen molar-refractivity contribution in [3.05, 3.63) is 23.8 Å². The number of carbonyl (C=O) groups excluding carboxylic acids is 1. The van der Waals surface area contributed by atoms with Gasteiger partial charge >= 0.3 is 0 Å². The molecule has 0 aliphatic heterocycles. The van der Waals surface area contributed by atoms with E-state index in [0.717, 1.165) is 5.57 Å². The summed E-state index contributed by atoms with van der Waals surface area (Å²) in [7, 11) is 0. The summed E-state index contributed by atoms with van der Waals surface area (Å²) in [5.41, 5.74) is 11.9. The van der Waals surface area contributed by atoms with Gasteiger partial charge in [0.15, 0.2) is 0 Å². The van der Waals surface area contributed by atoms with Crippen LogP contribution >= 0.6 is 0 Å². The van der Waals surface area contributed by atoms with E-state index in [2.05, 4.69) is 0 Å². The second kappa shape index (κ2) is 6.43. The Balaban J connectivity index is 3.90. The van der Waals surface area contributed by atoms with Crippen LogP contribution in [0, 0.1) is 0 Å². The fraction of sp³-hybridized carbons (Fsp3) is 0.500. The molecule has 1 amide bonds. The van der Waals surface area contributed by atoms with Gasteiger partial charge in [0.05, 0.1) is 0 Å². The van der Waals surface area contributed by atoms with Crippen molar-refractivity contribution in [2.75, 3.05) is 0 Å². The van der Waals surface area contributed by atoms with Crippen LogP contribution in [0.4, 0.5) is 0 Å². The average molecular weight is 182 g/mol. The van der Waals surface area contributed by atoms with Crippen LogP contribution in [0.3, 0.4) is 0 Å². The topological polar surface area (TPSA) is 69.1 Å². The van der Waals surface area contributed by atoms with Gasteiger partial charge in [0.1, 0.15) is 0 Å². The molecule has 0 rings (SSSR count). The maximum absolute atomic E-state index is 10.5. The molecule has 3 nitrogen and oxygen atoms in total. The van der Waals surface area contributed by atoms with Crippen molar-refractivity contribution in [1.82, 2.24) is 0 Å². The summed E-state index contributed by atoms with van der Waals surface area (Å²) in [5.74, 6) is -0.341. The molecule has 0 saturated heterocycles. The standard InChI is InChI=1S/C10H18N2O/c1-3-4-5-8(2)6-9(11)7-10(12)13/h3-5,9H,6-7,11H2,1-2H3,(H2,12,13)/b4-3-,8-5+. The van der Waals surface area contributed by atoms with E-state index in [1.165, 1.54) is 0 Å². The molecule has 0 aliphatic rings. The normalized spacial score (nSPS) is 14.8. The minimum atomic E-state index is -0.341. The summed E-state index contributed by atoms with van der Waals surface area (Å²) in [6.45, 7) is 3.94. The van der Waals surface area contributed by atoms with Gasteiger partial charge in [-0.1, -0.05) is 23.8 Å². The first-order chi connectivity index (χ1) is 6.06. The Morgan fingerprint density at radius 1 is 1.46 bits per heavy atom. The van der Waals surface area contributed by atoms with E-state index < -0.39 is 0 Å². The Kier molecular flexibility index (Phi) is 5.89. The second-order valence-corrected chi connectivity index (χ2v) is 3.17. The number of hydrogen-bond acceptors (Lipinski definition) is 2. The molecule has 0 heterocycles. The van der Waals surface area contributed by atoms with Gasteiger partial charge in [0.25, 0.3) is 0 Å². The zero-order chi connectivity index (χ0) is 10.3. The second-order valence-electron chi connectivity index (χ2n) is 3.17. The molecule has 1 unspecified atom stereocenters. The predicted octanol–water partition coefficient (Wildman–Crippen LogP) is 1.10. The molecule has 0 aromatic rings. The van der Waals surface area contributed by atoms with E-state index >= 15 is 0 Å². The van der Waals surface area contributed by atoms with E-state index in [4.69, 9.17) is 11.5 Å². The predicted molar refractivity (Wildman–Crippen MR) is 55.0 cm³/mol. The molecule has 0 aromatic heterocycles. The first kappa shape index (κ1) is 11.9. The number of allylic oxidation sites excluding steroid dienone is 3. The number of hydrogen-bond donors (Lipinski definition) is 2. The zero-order valence-electron chi connectivity index (χ0n) is 8.29. The number of carbonyl (C=O) groups is 1. The largest absolute Gasteiger partial charge is 0.370 e. The lowest BCUT2D eigenvalue weighted by atomic mass is 10.1. The highest BCUT2D eigenvalue weighted by atomic mass is 16.1. The highest BCUT2D eigenvalue weighted by Crippen LogP contribution is 2.05. The third-order valence-corrected chi connectivity index (χ3v) is 1.62. The minimum absolute atomic E-state index is 0.154. The lowest BCUT2D eigenvalue weighted by Crippen LogP contribution is -2.27. The van der Waals surface area contributed by atoms with Crippen molar-refractivity contribution in [2.24, 2.45) is 11.5 Å². The van der Waals surface area contributed by atoms with Gasteiger partial charge in [-0.3, -0.25) is 4.79 Å². The van der Waals surface area contributed by atoms with E-state index in [1.807, 2.05) is 32.1 Å². The molecule has 74 valence electrons. The number of primary amides is 1. The van der Waals surface area contributed by atoms with Crippen LogP contribution in [0.25, 0.3) is 0 Å². The highest BCUT2D eigenvalue weighted by Gasteiger charge is 2.06. The Morgan fingerprint density at radius 3 is 2.54 bits per heavy atom. The quantitative estimate of drug-likeness (QED) is 0.625. The van der Waals surface area contributed by atoms with Gasteiger partial charge in [-0.05, 0) is 20.3 Å². The molecule has 3 heteroatoms. The number of amides is 1. The van der Waals surface area contributed by atoms with Crippen LogP contribution in [0.1, 0.15) is 26.7 Å². The van der Waals surface area contributed by atoms with Gasteiger partial charge in [0.2, 0.25) is 5.91 Å². The summed E-state index contributed by atoms with van der Waals surface area (Å²) >= 11 is 0. The third-order valence-electron chi connectivity index (χ3n) is 1.62. The summed E-state index contributed by atoms with van der Waals surface area (Å²) in [6.07, 6.45) is 6.85. The zero-order valence-corrected chi connectivity index (χ0v) is 8.29. The van der Waals surface area contributed by atoms with Crippen LogP contribution in [0.2, 0.25) is 0 Å². The van der Waals surface area contributed by atoms with Gasteiger partial charge in [-0.25, -0.2) is 0 Å². The van der Waals surface area contributed by atoms with Crippen LogP contribution in [-0.4, -0.2) is 11.9 Å². The molecule has 0 saturated carbocycles. The first-order valence-corrected chi connectivity index (χ1v) is 4.38. The van der Waals surface area contributed by atoms with Crippen molar-refractivity contribution in [3.8, 4) is 0 Å². The molecular weight excluding hydrogens is 164 g/mol. The van der Waals surface area contributed by atoms with Crippen LogP contribution in [0.15, 0.2) is 23.8 Å². The maximum Gasteiger partial charge on any atom is 0.218 e. The fourth-order valence-corrected chi connectivity index (χ4v) is 1.07. The molecule has 0 aliphatic carbocycles. The van der Waals surface area contributed by atoms with Crippen molar-refractivity contribution in [2.45, 2.75) is 32.7 Å². The molecular formula is C10H18N2O. The Bertz CT molecular complexity index is 219. The Morgan fingerprint density at radius 2 is 2.08 bits per heavy atom. The minimum Gasteiger partial charge on any atom is -0.370 e. The molecule has 13 heavy (non-hydrogen) atoms. The molecule has 4 N–H and O–H groups in total. The molecule has 0 aromatic carbocycles. The Labute approximate surface area is 79.5 Å². The smallest absolute Gasteiger partial charge is 0.218 e. The lowest BCUT2D eigenvalue weighted by molar-refractivity contribution is -0.118. The van der Waals surface area contributed by atoms with Gasteiger partial charge in [-0.2, -0.15) is 0 Å². The summed E-state index contributed by atoms with van der Waals surface area (Å²) < 4.78 is 0. The average Bonchev–Trinajstić information content (AvgIpc) is 1.98.